The van der Waals surface area contributed by atoms with Gasteiger partial charge in [0.1, 0.15) is 5.82 Å². The van der Waals surface area contributed by atoms with Crippen LogP contribution in [0.3, 0.4) is 0 Å². The Morgan fingerprint density at radius 3 is 2.78 bits per heavy atom. The van der Waals surface area contributed by atoms with Gasteiger partial charge in [-0.2, -0.15) is 0 Å². The van der Waals surface area contributed by atoms with Crippen molar-refractivity contribution in [1.29, 1.82) is 0 Å². The molecule has 1 atom stereocenters. The second-order valence-corrected chi connectivity index (χ2v) is 4.86. The van der Waals surface area contributed by atoms with Crippen LogP contribution in [-0.2, 0) is 0 Å². The van der Waals surface area contributed by atoms with E-state index >= 15 is 0 Å². The maximum Gasteiger partial charge on any atom is 0.137 e. The summed E-state index contributed by atoms with van der Waals surface area (Å²) in [6.45, 7) is 1.99. The van der Waals surface area contributed by atoms with E-state index in [4.69, 9.17) is 5.84 Å². The monoisotopic (exact) mass is 309 g/mol. The molecule has 2 aromatic rings. The van der Waals surface area contributed by atoms with Gasteiger partial charge in [0.05, 0.1) is 10.5 Å². The van der Waals surface area contributed by atoms with Crippen LogP contribution in [0.2, 0.25) is 0 Å². The summed E-state index contributed by atoms with van der Waals surface area (Å²) in [5.74, 6) is 5.31. The molecule has 5 heteroatoms. The highest BCUT2D eigenvalue weighted by molar-refractivity contribution is 9.10. The van der Waals surface area contributed by atoms with E-state index in [1.165, 1.54) is 6.07 Å². The molecule has 18 heavy (non-hydrogen) atoms. The Morgan fingerprint density at radius 1 is 1.39 bits per heavy atom. The summed E-state index contributed by atoms with van der Waals surface area (Å²) in [7, 11) is 0. The van der Waals surface area contributed by atoms with Gasteiger partial charge in [0.2, 0.25) is 0 Å². The van der Waals surface area contributed by atoms with Gasteiger partial charge >= 0.3 is 0 Å². The molecule has 0 spiro atoms. The fourth-order valence-electron chi connectivity index (χ4n) is 1.84. The lowest BCUT2D eigenvalue weighted by atomic mass is 9.97. The predicted molar refractivity (Wildman–Crippen MR) is 72.2 cm³/mol. The molecule has 1 unspecified atom stereocenters. The van der Waals surface area contributed by atoms with Gasteiger partial charge < -0.3 is 0 Å². The van der Waals surface area contributed by atoms with Crippen LogP contribution in [0, 0.1) is 12.7 Å². The number of hydrogen-bond acceptors (Lipinski definition) is 3. The van der Waals surface area contributed by atoms with Crippen LogP contribution >= 0.6 is 15.9 Å². The van der Waals surface area contributed by atoms with Crippen molar-refractivity contribution < 1.29 is 4.39 Å². The smallest absolute Gasteiger partial charge is 0.137 e. The van der Waals surface area contributed by atoms with Crippen molar-refractivity contribution in [1.82, 2.24) is 10.4 Å². The number of rotatable bonds is 3. The molecule has 94 valence electrons. The van der Waals surface area contributed by atoms with E-state index < -0.39 is 0 Å². The van der Waals surface area contributed by atoms with Crippen molar-refractivity contribution in [2.45, 2.75) is 13.0 Å². The number of pyridine rings is 1. The van der Waals surface area contributed by atoms with Crippen molar-refractivity contribution >= 4 is 15.9 Å². The number of nitrogens with one attached hydrogen (secondary N) is 1. The summed E-state index contributed by atoms with van der Waals surface area (Å²) in [5, 5.41) is 0. The standard InChI is InChI=1S/C13H13BrFN3/c1-8-4-5-17-7-10(8)13(18-16)9-2-3-12(15)11(14)6-9/h2-7,13,18H,16H2,1H3. The largest absolute Gasteiger partial charge is 0.271 e. The fraction of sp³-hybridized carbons (Fsp3) is 0.154. The van der Waals surface area contributed by atoms with Crippen LogP contribution in [0.1, 0.15) is 22.7 Å². The Hall–Kier alpha value is -1.30. The Kier molecular flexibility index (Phi) is 4.06. The third-order valence-corrected chi connectivity index (χ3v) is 3.44. The molecule has 3 nitrogen and oxygen atoms in total. The van der Waals surface area contributed by atoms with Gasteiger partial charge in [-0.25, -0.2) is 9.82 Å². The van der Waals surface area contributed by atoms with E-state index in [1.54, 1.807) is 24.5 Å². The summed E-state index contributed by atoms with van der Waals surface area (Å²) in [4.78, 5) is 4.10. The number of nitrogens with zero attached hydrogens (tertiary/aromatic N) is 1. The Morgan fingerprint density at radius 2 is 2.17 bits per heavy atom. The van der Waals surface area contributed by atoms with Gasteiger partial charge in [-0.05, 0) is 57.7 Å². The third-order valence-electron chi connectivity index (χ3n) is 2.83. The van der Waals surface area contributed by atoms with Gasteiger partial charge in [-0.3, -0.25) is 10.8 Å². The zero-order valence-electron chi connectivity index (χ0n) is 9.82. The molecule has 1 aromatic heterocycles. The molecule has 0 fully saturated rings. The molecule has 0 radical (unpaired) electrons. The highest BCUT2D eigenvalue weighted by atomic mass is 79.9. The molecule has 0 amide bonds. The summed E-state index contributed by atoms with van der Waals surface area (Å²) < 4.78 is 13.7. The number of hydrazine groups is 1. The number of aromatic nitrogens is 1. The van der Waals surface area contributed by atoms with E-state index in [-0.39, 0.29) is 11.9 Å². The van der Waals surface area contributed by atoms with Crippen LogP contribution in [0.4, 0.5) is 4.39 Å². The topological polar surface area (TPSA) is 50.9 Å². The quantitative estimate of drug-likeness (QED) is 0.677. The maximum atomic E-state index is 13.2. The van der Waals surface area contributed by atoms with Crippen molar-refractivity contribution in [3.8, 4) is 0 Å². The number of halogens is 2. The van der Waals surface area contributed by atoms with Gasteiger partial charge in [-0.15, -0.1) is 0 Å². The molecule has 0 aliphatic heterocycles. The minimum absolute atomic E-state index is 0.212. The number of benzene rings is 1. The lowest BCUT2D eigenvalue weighted by molar-refractivity contribution is 0.608. The SMILES string of the molecule is Cc1ccncc1C(NN)c1ccc(F)c(Br)c1. The van der Waals surface area contributed by atoms with Crippen LogP contribution in [0.25, 0.3) is 0 Å². The van der Waals surface area contributed by atoms with E-state index in [2.05, 4.69) is 26.3 Å². The number of aryl methyl sites for hydroxylation is 1. The second kappa shape index (κ2) is 5.56. The highest BCUT2D eigenvalue weighted by Gasteiger charge is 2.15. The van der Waals surface area contributed by atoms with Crippen molar-refractivity contribution in [2.24, 2.45) is 5.84 Å². The van der Waals surface area contributed by atoms with Crippen LogP contribution < -0.4 is 11.3 Å². The van der Waals surface area contributed by atoms with Gasteiger partial charge in [0.25, 0.3) is 0 Å². The number of nitrogens with two attached hydrogens (primary N) is 1. The summed E-state index contributed by atoms with van der Waals surface area (Å²) in [6, 6.07) is 6.53. The first kappa shape index (κ1) is 13.1. The van der Waals surface area contributed by atoms with E-state index in [0.29, 0.717) is 4.47 Å². The van der Waals surface area contributed by atoms with Crippen molar-refractivity contribution in [3.05, 3.63) is 63.6 Å². The van der Waals surface area contributed by atoms with Crippen molar-refractivity contribution in [3.63, 3.8) is 0 Å². The number of hydrogen-bond donors (Lipinski definition) is 2. The van der Waals surface area contributed by atoms with Gasteiger partial charge in [0, 0.05) is 12.4 Å². The molecule has 0 bridgehead atoms. The van der Waals surface area contributed by atoms with E-state index in [0.717, 1.165) is 16.7 Å². The molecular weight excluding hydrogens is 297 g/mol. The van der Waals surface area contributed by atoms with Crippen molar-refractivity contribution in [2.75, 3.05) is 0 Å². The molecule has 0 aliphatic rings. The maximum absolute atomic E-state index is 13.2. The molecular formula is C13H13BrFN3. The average molecular weight is 310 g/mol. The van der Waals surface area contributed by atoms with E-state index in [9.17, 15) is 4.39 Å². The van der Waals surface area contributed by atoms with Crippen LogP contribution in [-0.4, -0.2) is 4.98 Å². The lowest BCUT2D eigenvalue weighted by Gasteiger charge is -2.18. The van der Waals surface area contributed by atoms with Crippen LogP contribution in [0.15, 0.2) is 41.1 Å². The molecule has 1 aromatic carbocycles. The average Bonchev–Trinajstić information content (AvgIpc) is 2.37. The first-order chi connectivity index (χ1) is 8.63. The Balaban J connectivity index is 2.45. The summed E-state index contributed by atoms with van der Waals surface area (Å²) in [5.41, 5.74) is 5.66. The minimum Gasteiger partial charge on any atom is -0.271 e. The lowest BCUT2D eigenvalue weighted by Crippen LogP contribution is -2.29. The summed E-state index contributed by atoms with van der Waals surface area (Å²) >= 11 is 3.18. The Bertz CT molecular complexity index is 560. The van der Waals surface area contributed by atoms with Gasteiger partial charge in [0.15, 0.2) is 0 Å². The normalized spacial score (nSPS) is 12.4. The highest BCUT2D eigenvalue weighted by Crippen LogP contribution is 2.26. The predicted octanol–water partition coefficient (Wildman–Crippen LogP) is 2.84. The zero-order valence-corrected chi connectivity index (χ0v) is 11.4. The third kappa shape index (κ3) is 2.58. The van der Waals surface area contributed by atoms with Gasteiger partial charge in [-0.1, -0.05) is 6.07 Å². The van der Waals surface area contributed by atoms with Crippen LogP contribution in [0.5, 0.6) is 0 Å². The first-order valence-corrected chi connectivity index (χ1v) is 6.24. The molecule has 0 aliphatic carbocycles. The Labute approximate surface area is 113 Å². The molecule has 0 saturated carbocycles. The zero-order chi connectivity index (χ0) is 13.1. The second-order valence-electron chi connectivity index (χ2n) is 4.01. The van der Waals surface area contributed by atoms with E-state index in [1.807, 2.05) is 13.0 Å². The molecule has 0 saturated heterocycles. The minimum atomic E-state index is -0.294. The fourth-order valence-corrected chi connectivity index (χ4v) is 2.23. The molecule has 2 rings (SSSR count). The summed E-state index contributed by atoms with van der Waals surface area (Å²) in [6.07, 6.45) is 3.49. The first-order valence-electron chi connectivity index (χ1n) is 5.45. The molecule has 1 heterocycles. The molecule has 3 N–H and O–H groups in total.